The van der Waals surface area contributed by atoms with Gasteiger partial charge in [-0.2, -0.15) is 0 Å². The van der Waals surface area contributed by atoms with Crippen LogP contribution >= 0.6 is 0 Å². The second-order valence-electron chi connectivity index (χ2n) is 13.1. The van der Waals surface area contributed by atoms with Gasteiger partial charge in [-0.1, -0.05) is 6.92 Å². The number of rotatable bonds is 3. The van der Waals surface area contributed by atoms with Crippen molar-refractivity contribution >= 4 is 57.3 Å². The van der Waals surface area contributed by atoms with Crippen LogP contribution in [-0.4, -0.2) is 46.1 Å². The summed E-state index contributed by atoms with van der Waals surface area (Å²) in [5.74, 6) is -1.09. The first kappa shape index (κ1) is 31.3. The van der Waals surface area contributed by atoms with Gasteiger partial charge in [-0.05, 0) is 119 Å². The molecule has 6 rings (SSSR count). The maximum absolute atomic E-state index is 13.4. The van der Waals surface area contributed by atoms with Gasteiger partial charge in [0.1, 0.15) is 0 Å². The number of aromatic amines is 2. The van der Waals surface area contributed by atoms with Crippen LogP contribution in [0.15, 0.2) is 11.6 Å². The lowest BCUT2D eigenvalue weighted by atomic mass is 9.72. The number of methoxy groups -OCH3 is 2. The third-order valence-electron chi connectivity index (χ3n) is 11.0. The van der Waals surface area contributed by atoms with Crippen molar-refractivity contribution in [3.63, 3.8) is 0 Å². The van der Waals surface area contributed by atoms with E-state index in [0.717, 1.165) is 100 Å². The molecular formula is C38H42N4O4. The maximum Gasteiger partial charge on any atom is 0.334 e. The van der Waals surface area contributed by atoms with Crippen LogP contribution in [0.5, 0.6) is 0 Å². The molecule has 2 unspecified atom stereocenters. The second-order valence-corrected chi connectivity index (χ2v) is 13.1. The number of esters is 2. The number of carbonyl (C=O) groups excluding carboxylic acids is 2. The molecule has 0 fully saturated rings. The normalized spacial score (nSPS) is 18.9. The molecule has 3 aromatic heterocycles. The quantitative estimate of drug-likeness (QED) is 0.228. The topological polar surface area (TPSA) is 110 Å². The summed E-state index contributed by atoms with van der Waals surface area (Å²) in [6, 6.07) is 0. The van der Waals surface area contributed by atoms with Crippen LogP contribution in [0.25, 0.3) is 45.4 Å². The summed E-state index contributed by atoms with van der Waals surface area (Å²) in [5, 5.41) is 0. The number of fused-ring (bicyclic) bond motifs is 8. The molecule has 46 heavy (non-hydrogen) atoms. The highest BCUT2D eigenvalue weighted by atomic mass is 16.5. The van der Waals surface area contributed by atoms with Crippen molar-refractivity contribution in [1.82, 2.24) is 19.9 Å². The van der Waals surface area contributed by atoms with E-state index in [2.05, 4.69) is 79.2 Å². The van der Waals surface area contributed by atoms with Crippen LogP contribution in [-0.2, 0) is 24.5 Å². The van der Waals surface area contributed by atoms with Gasteiger partial charge in [0.25, 0.3) is 0 Å². The van der Waals surface area contributed by atoms with Gasteiger partial charge in [0.15, 0.2) is 0 Å². The van der Waals surface area contributed by atoms with E-state index in [1.165, 1.54) is 20.3 Å². The van der Waals surface area contributed by atoms with Crippen molar-refractivity contribution in [2.75, 3.05) is 14.2 Å². The molecule has 2 atom stereocenters. The Morgan fingerprint density at radius 3 is 1.83 bits per heavy atom. The van der Waals surface area contributed by atoms with Crippen molar-refractivity contribution in [3.8, 4) is 0 Å². The molecule has 3 aliphatic rings. The summed E-state index contributed by atoms with van der Waals surface area (Å²) in [5.41, 5.74) is 17.4. The fraction of sp³-hybridized carbons (Fsp3) is 0.368. The molecule has 0 radical (unpaired) electrons. The Morgan fingerprint density at radius 1 is 0.761 bits per heavy atom. The SMILES string of the molecule is COC(=O)/C=C/c1c2nc3c(c4[nH]c(c(C)c5nc(c(C)c6[nH]c1c(C)c6C)C(C)=C5C)c(C)c4C)C=C(C(=O)OC)C3(C)C2C. The minimum Gasteiger partial charge on any atom is -0.466 e. The van der Waals surface area contributed by atoms with Gasteiger partial charge in [0.05, 0.1) is 59.0 Å². The van der Waals surface area contributed by atoms with Crippen molar-refractivity contribution < 1.29 is 19.1 Å². The molecular weight excluding hydrogens is 576 g/mol. The molecule has 1 aliphatic carbocycles. The second kappa shape index (κ2) is 10.7. The first-order chi connectivity index (χ1) is 21.7. The lowest BCUT2D eigenvalue weighted by Gasteiger charge is -2.28. The Labute approximate surface area is 269 Å². The van der Waals surface area contributed by atoms with Gasteiger partial charge in [-0.15, -0.1) is 0 Å². The van der Waals surface area contributed by atoms with E-state index in [1.807, 2.05) is 6.08 Å². The smallest absolute Gasteiger partial charge is 0.334 e. The molecule has 2 N–H and O–H groups in total. The number of aromatic nitrogens is 4. The zero-order valence-electron chi connectivity index (χ0n) is 28.8. The first-order valence-electron chi connectivity index (χ1n) is 15.7. The van der Waals surface area contributed by atoms with E-state index in [0.29, 0.717) is 5.57 Å². The number of ether oxygens (including phenoxy) is 2. The van der Waals surface area contributed by atoms with Crippen LogP contribution in [0.2, 0.25) is 0 Å². The fourth-order valence-electron chi connectivity index (χ4n) is 7.52. The third kappa shape index (κ3) is 4.11. The average Bonchev–Trinajstić information content (AvgIpc) is 3.77. The highest BCUT2D eigenvalue weighted by molar-refractivity contribution is 6.03. The summed E-state index contributed by atoms with van der Waals surface area (Å²) in [6.45, 7) is 21.1. The lowest BCUT2D eigenvalue weighted by Crippen LogP contribution is -2.30. The van der Waals surface area contributed by atoms with Crippen molar-refractivity contribution in [3.05, 3.63) is 78.9 Å². The standard InChI is InChI=1S/C38H42N4O4/c1-16-17(2)30-23(8)32-19(4)21(6)34(41-32)26-15-27(37(44)46-12)38(10)24(9)35(42-36(26)38)25(13-14-28(43)45-11)33-20(5)18(3)31(40-33)22(7)29(16)39-30/h13-15,24,40-41H,1-12H3/b14-13+,29-22?,30-23?,31-22?,32-23?,33-25?,34-26?,35-25?. The molecule has 5 heterocycles. The predicted octanol–water partition coefficient (Wildman–Crippen LogP) is 7.93. The Kier molecular flexibility index (Phi) is 7.26. The maximum atomic E-state index is 13.4. The number of carbonyl (C=O) groups is 2. The number of nitrogens with one attached hydrogen (secondary N) is 2. The fourth-order valence-corrected chi connectivity index (χ4v) is 7.52. The van der Waals surface area contributed by atoms with Crippen molar-refractivity contribution in [1.29, 1.82) is 0 Å². The summed E-state index contributed by atoms with van der Waals surface area (Å²) in [4.78, 5) is 44.0. The third-order valence-corrected chi connectivity index (χ3v) is 11.0. The molecule has 238 valence electrons. The van der Waals surface area contributed by atoms with Crippen LogP contribution in [0.3, 0.4) is 0 Å². The van der Waals surface area contributed by atoms with Crippen molar-refractivity contribution in [2.45, 2.75) is 80.6 Å². The first-order valence-corrected chi connectivity index (χ1v) is 15.7. The molecule has 8 bridgehead atoms. The highest BCUT2D eigenvalue weighted by Gasteiger charge is 2.52. The van der Waals surface area contributed by atoms with Gasteiger partial charge in [-0.3, -0.25) is 4.98 Å². The minimum atomic E-state index is -0.768. The van der Waals surface area contributed by atoms with Crippen molar-refractivity contribution in [2.24, 2.45) is 0 Å². The summed E-state index contributed by atoms with van der Waals surface area (Å²) < 4.78 is 10.3. The molecule has 0 amide bonds. The number of nitrogens with zero attached hydrogens (tertiary/aromatic N) is 2. The zero-order valence-corrected chi connectivity index (χ0v) is 28.8. The van der Waals surface area contributed by atoms with Crippen LogP contribution in [0.4, 0.5) is 0 Å². The largest absolute Gasteiger partial charge is 0.466 e. The van der Waals surface area contributed by atoms with E-state index in [-0.39, 0.29) is 11.9 Å². The van der Waals surface area contributed by atoms with Gasteiger partial charge in [0.2, 0.25) is 0 Å². The molecule has 8 nitrogen and oxygen atoms in total. The van der Waals surface area contributed by atoms with E-state index in [9.17, 15) is 9.59 Å². The predicted molar refractivity (Wildman–Crippen MR) is 184 cm³/mol. The van der Waals surface area contributed by atoms with Crippen LogP contribution in [0.1, 0.15) is 101 Å². The molecule has 0 saturated carbocycles. The summed E-state index contributed by atoms with van der Waals surface area (Å²) in [6.07, 6.45) is 5.15. The Bertz CT molecular complexity index is 2160. The molecule has 2 aliphatic heterocycles. The monoisotopic (exact) mass is 618 g/mol. The van der Waals surface area contributed by atoms with E-state index in [1.54, 1.807) is 6.08 Å². The van der Waals surface area contributed by atoms with Gasteiger partial charge < -0.3 is 19.4 Å². The highest BCUT2D eigenvalue weighted by Crippen LogP contribution is 2.55. The minimum absolute atomic E-state index is 0.234. The zero-order chi connectivity index (χ0) is 33.6. The van der Waals surface area contributed by atoms with Crippen LogP contribution in [0, 0.1) is 41.5 Å². The van der Waals surface area contributed by atoms with Gasteiger partial charge in [-0.25, -0.2) is 14.6 Å². The summed E-state index contributed by atoms with van der Waals surface area (Å²) >= 11 is 0. The Hall–Kier alpha value is -4.72. The van der Waals surface area contributed by atoms with E-state index < -0.39 is 11.4 Å². The molecule has 0 spiro atoms. The lowest BCUT2D eigenvalue weighted by molar-refractivity contribution is -0.137. The Balaban J connectivity index is 1.93. The van der Waals surface area contributed by atoms with Crippen LogP contribution < -0.4 is 0 Å². The number of H-pyrrole nitrogens is 2. The van der Waals surface area contributed by atoms with E-state index >= 15 is 0 Å². The number of hydrogen-bond donors (Lipinski definition) is 2. The average molecular weight is 619 g/mol. The molecule has 0 aromatic carbocycles. The number of aryl methyl sites for hydroxylation is 6. The van der Waals surface area contributed by atoms with Gasteiger partial charge in [0, 0.05) is 34.2 Å². The molecule has 8 heteroatoms. The van der Waals surface area contributed by atoms with E-state index in [4.69, 9.17) is 19.4 Å². The number of allylic oxidation sites excluding steroid dienone is 2. The molecule has 0 saturated heterocycles. The summed E-state index contributed by atoms with van der Waals surface area (Å²) in [7, 11) is 2.78. The Morgan fingerprint density at radius 2 is 1.28 bits per heavy atom. The molecule has 3 aromatic rings. The number of hydrogen-bond acceptors (Lipinski definition) is 6. The van der Waals surface area contributed by atoms with Gasteiger partial charge >= 0.3 is 11.9 Å².